The fourth-order valence-electron chi connectivity index (χ4n) is 2.89. The van der Waals surface area contributed by atoms with Gasteiger partial charge in [0.2, 0.25) is 0 Å². The maximum Gasteiger partial charge on any atom is 0.191 e. The van der Waals surface area contributed by atoms with E-state index in [4.69, 9.17) is 0 Å². The SMILES string of the molecule is CN=C(NCc1cc(F)ccc1F)NCC1CC1c1ccccc1. The molecule has 0 radical (unpaired) electrons. The van der Waals surface area contributed by atoms with Crippen LogP contribution >= 0.6 is 0 Å². The number of hydrogen-bond donors (Lipinski definition) is 2. The highest BCUT2D eigenvalue weighted by Gasteiger charge is 2.37. The number of benzene rings is 2. The second-order valence-corrected chi connectivity index (χ2v) is 6.06. The molecule has 24 heavy (non-hydrogen) atoms. The summed E-state index contributed by atoms with van der Waals surface area (Å²) in [5.74, 6) is 0.900. The Morgan fingerprint density at radius 1 is 1.12 bits per heavy atom. The second kappa shape index (κ2) is 7.43. The van der Waals surface area contributed by atoms with Gasteiger partial charge in [-0.15, -0.1) is 0 Å². The fraction of sp³-hybridized carbons (Fsp3) is 0.316. The van der Waals surface area contributed by atoms with Gasteiger partial charge in [-0.25, -0.2) is 8.78 Å². The molecule has 1 fully saturated rings. The molecule has 0 bridgehead atoms. The smallest absolute Gasteiger partial charge is 0.191 e. The molecule has 2 aromatic carbocycles. The molecule has 2 N–H and O–H groups in total. The van der Waals surface area contributed by atoms with E-state index >= 15 is 0 Å². The lowest BCUT2D eigenvalue weighted by molar-refractivity contribution is 0.580. The minimum Gasteiger partial charge on any atom is -0.356 e. The first kappa shape index (κ1) is 16.4. The number of aliphatic imine (C=N–C) groups is 1. The van der Waals surface area contributed by atoms with Gasteiger partial charge in [-0.3, -0.25) is 4.99 Å². The quantitative estimate of drug-likeness (QED) is 0.651. The molecule has 126 valence electrons. The van der Waals surface area contributed by atoms with Crippen molar-refractivity contribution in [2.24, 2.45) is 10.9 Å². The third kappa shape index (κ3) is 4.10. The fourth-order valence-corrected chi connectivity index (χ4v) is 2.89. The molecule has 5 heteroatoms. The summed E-state index contributed by atoms with van der Waals surface area (Å²) in [4.78, 5) is 4.13. The van der Waals surface area contributed by atoms with E-state index in [-0.39, 0.29) is 12.1 Å². The number of nitrogens with one attached hydrogen (secondary N) is 2. The molecule has 3 rings (SSSR count). The summed E-state index contributed by atoms with van der Waals surface area (Å²) in [6.45, 7) is 1.00. The van der Waals surface area contributed by atoms with E-state index in [1.54, 1.807) is 7.05 Å². The van der Waals surface area contributed by atoms with Crippen LogP contribution in [0.2, 0.25) is 0 Å². The van der Waals surface area contributed by atoms with Crippen molar-refractivity contribution >= 4 is 5.96 Å². The van der Waals surface area contributed by atoms with Crippen molar-refractivity contribution in [2.75, 3.05) is 13.6 Å². The second-order valence-electron chi connectivity index (χ2n) is 6.06. The van der Waals surface area contributed by atoms with Gasteiger partial charge in [0, 0.05) is 25.7 Å². The van der Waals surface area contributed by atoms with Gasteiger partial charge in [-0.05, 0) is 42.0 Å². The monoisotopic (exact) mass is 329 g/mol. The molecule has 0 aliphatic heterocycles. The van der Waals surface area contributed by atoms with E-state index in [9.17, 15) is 8.78 Å². The topological polar surface area (TPSA) is 36.4 Å². The molecule has 1 saturated carbocycles. The Morgan fingerprint density at radius 3 is 2.67 bits per heavy atom. The van der Waals surface area contributed by atoms with Gasteiger partial charge < -0.3 is 10.6 Å². The van der Waals surface area contributed by atoms with Crippen molar-refractivity contribution in [1.29, 1.82) is 0 Å². The highest BCUT2D eigenvalue weighted by atomic mass is 19.1. The maximum absolute atomic E-state index is 13.6. The van der Waals surface area contributed by atoms with Crippen LogP contribution in [0.1, 0.15) is 23.5 Å². The molecule has 1 aliphatic rings. The Hall–Kier alpha value is -2.43. The Bertz CT molecular complexity index is 716. The summed E-state index contributed by atoms with van der Waals surface area (Å²) in [5, 5.41) is 6.28. The highest BCUT2D eigenvalue weighted by molar-refractivity contribution is 5.79. The van der Waals surface area contributed by atoms with E-state index < -0.39 is 11.6 Å². The molecule has 0 saturated heterocycles. The lowest BCUT2D eigenvalue weighted by atomic mass is 10.1. The van der Waals surface area contributed by atoms with E-state index in [0.717, 1.165) is 25.1 Å². The Morgan fingerprint density at radius 2 is 1.92 bits per heavy atom. The summed E-state index contributed by atoms with van der Waals surface area (Å²) in [5.41, 5.74) is 1.65. The molecule has 1 aliphatic carbocycles. The van der Waals surface area contributed by atoms with E-state index in [1.165, 1.54) is 11.6 Å². The third-order valence-corrected chi connectivity index (χ3v) is 4.36. The lowest BCUT2D eigenvalue weighted by Crippen LogP contribution is -2.38. The number of nitrogens with zero attached hydrogens (tertiary/aromatic N) is 1. The van der Waals surface area contributed by atoms with Gasteiger partial charge in [-0.2, -0.15) is 0 Å². The number of guanidine groups is 1. The van der Waals surface area contributed by atoms with Crippen molar-refractivity contribution < 1.29 is 8.78 Å². The molecule has 0 heterocycles. The number of hydrogen-bond acceptors (Lipinski definition) is 1. The molecule has 0 spiro atoms. The zero-order valence-corrected chi connectivity index (χ0v) is 13.6. The van der Waals surface area contributed by atoms with E-state index in [2.05, 4.69) is 39.9 Å². The van der Waals surface area contributed by atoms with E-state index in [1.807, 2.05) is 6.07 Å². The predicted molar refractivity (Wildman–Crippen MR) is 91.8 cm³/mol. The Kier molecular flexibility index (Phi) is 5.08. The third-order valence-electron chi connectivity index (χ3n) is 4.36. The van der Waals surface area contributed by atoms with Crippen LogP contribution in [0.15, 0.2) is 53.5 Å². The van der Waals surface area contributed by atoms with Crippen LogP contribution in [-0.2, 0) is 6.54 Å². The van der Waals surface area contributed by atoms with Crippen molar-refractivity contribution in [3.8, 4) is 0 Å². The van der Waals surface area contributed by atoms with Crippen molar-refractivity contribution in [2.45, 2.75) is 18.9 Å². The highest BCUT2D eigenvalue weighted by Crippen LogP contribution is 2.46. The average molecular weight is 329 g/mol. The summed E-state index contributed by atoms with van der Waals surface area (Å²) in [6, 6.07) is 13.9. The van der Waals surface area contributed by atoms with E-state index in [0.29, 0.717) is 17.8 Å². The maximum atomic E-state index is 13.6. The van der Waals surface area contributed by atoms with Crippen molar-refractivity contribution in [3.63, 3.8) is 0 Å². The van der Waals surface area contributed by atoms with Crippen LogP contribution in [-0.4, -0.2) is 19.6 Å². The number of rotatable bonds is 5. The zero-order chi connectivity index (χ0) is 16.9. The van der Waals surface area contributed by atoms with Gasteiger partial charge in [0.05, 0.1) is 0 Å². The van der Waals surface area contributed by atoms with Gasteiger partial charge in [0.1, 0.15) is 11.6 Å². The zero-order valence-electron chi connectivity index (χ0n) is 13.6. The van der Waals surface area contributed by atoms with Gasteiger partial charge in [0.15, 0.2) is 5.96 Å². The molecule has 2 atom stereocenters. The van der Waals surface area contributed by atoms with Crippen LogP contribution in [0.25, 0.3) is 0 Å². The Labute approximate surface area is 140 Å². The first-order valence-electron chi connectivity index (χ1n) is 8.10. The lowest BCUT2D eigenvalue weighted by Gasteiger charge is -2.12. The first-order valence-corrected chi connectivity index (χ1v) is 8.10. The number of halogens is 2. The average Bonchev–Trinajstić information content (AvgIpc) is 3.38. The minimum atomic E-state index is -0.445. The normalized spacial score (nSPS) is 19.9. The van der Waals surface area contributed by atoms with Crippen LogP contribution in [0.3, 0.4) is 0 Å². The van der Waals surface area contributed by atoms with Crippen molar-refractivity contribution in [3.05, 3.63) is 71.3 Å². The van der Waals surface area contributed by atoms with Crippen LogP contribution in [0.4, 0.5) is 8.78 Å². The summed E-state index contributed by atoms with van der Waals surface area (Å²) in [6.07, 6.45) is 1.16. The van der Waals surface area contributed by atoms with Gasteiger partial charge >= 0.3 is 0 Å². The van der Waals surface area contributed by atoms with Crippen LogP contribution in [0, 0.1) is 17.6 Å². The summed E-state index contributed by atoms with van der Waals surface area (Å²) in [7, 11) is 1.67. The largest absolute Gasteiger partial charge is 0.356 e. The van der Waals surface area contributed by atoms with Crippen molar-refractivity contribution in [1.82, 2.24) is 10.6 Å². The molecule has 2 aromatic rings. The van der Waals surface area contributed by atoms with Gasteiger partial charge in [-0.1, -0.05) is 30.3 Å². The molecular weight excluding hydrogens is 308 g/mol. The molecule has 0 aromatic heterocycles. The first-order chi connectivity index (χ1) is 11.7. The molecular formula is C19H21F2N3. The predicted octanol–water partition coefficient (Wildman–Crippen LogP) is 3.43. The standard InChI is InChI=1S/C19H21F2N3/c1-22-19(24-12-15-9-16(20)7-8-18(15)21)23-11-14-10-17(14)13-5-3-2-4-6-13/h2-9,14,17H,10-12H2,1H3,(H2,22,23,24). The molecule has 0 amide bonds. The van der Waals surface area contributed by atoms with Crippen LogP contribution < -0.4 is 10.6 Å². The molecule has 3 nitrogen and oxygen atoms in total. The summed E-state index contributed by atoms with van der Waals surface area (Å²) < 4.78 is 26.8. The Balaban J connectivity index is 1.47. The van der Waals surface area contributed by atoms with Gasteiger partial charge in [0.25, 0.3) is 0 Å². The minimum absolute atomic E-state index is 0.191. The molecule has 2 unspecified atom stereocenters. The van der Waals surface area contributed by atoms with Crippen LogP contribution in [0.5, 0.6) is 0 Å². The summed E-state index contributed by atoms with van der Waals surface area (Å²) >= 11 is 0.